The summed E-state index contributed by atoms with van der Waals surface area (Å²) in [5, 5.41) is 0.571. The zero-order valence-electron chi connectivity index (χ0n) is 10.2. The number of aromatic nitrogens is 1. The Bertz CT molecular complexity index is 667. The van der Waals surface area contributed by atoms with Crippen LogP contribution in [0.5, 0.6) is 0 Å². The molecule has 0 bridgehead atoms. The Morgan fingerprint density at radius 2 is 2.05 bits per heavy atom. The van der Waals surface area contributed by atoms with Crippen molar-refractivity contribution in [3.63, 3.8) is 0 Å². The topological polar surface area (TPSA) is 63.1 Å². The summed E-state index contributed by atoms with van der Waals surface area (Å²) in [5.41, 5.74) is 6.16. The maximum absolute atomic E-state index is 11.8. The molecule has 0 radical (unpaired) electrons. The minimum atomic E-state index is -0.337. The number of anilines is 1. The van der Waals surface area contributed by atoms with Gasteiger partial charge in [-0.3, -0.25) is 20.4 Å². The smallest absolute Gasteiger partial charge is 0.271 e. The van der Waals surface area contributed by atoms with Gasteiger partial charge in [-0.15, -0.1) is 0 Å². The third-order valence-electron chi connectivity index (χ3n) is 2.49. The van der Waals surface area contributed by atoms with Crippen molar-refractivity contribution in [3.8, 4) is 0 Å². The van der Waals surface area contributed by atoms with E-state index < -0.39 is 0 Å². The van der Waals surface area contributed by atoms with Crippen molar-refractivity contribution in [2.45, 2.75) is 0 Å². The number of carbonyl (C=O) groups excluding carboxylic acids is 1. The van der Waals surface area contributed by atoms with E-state index in [4.69, 9.17) is 11.6 Å². The molecule has 0 spiro atoms. The van der Waals surface area contributed by atoms with Gasteiger partial charge in [0.15, 0.2) is 0 Å². The fourth-order valence-electron chi connectivity index (χ4n) is 1.50. The number of nitrogens with one attached hydrogen (secondary N) is 2. The molecule has 0 unspecified atom stereocenters. The van der Waals surface area contributed by atoms with Crippen LogP contribution in [0.4, 0.5) is 5.69 Å². The molecule has 0 saturated heterocycles. The van der Waals surface area contributed by atoms with Crippen molar-refractivity contribution >= 4 is 23.2 Å². The Morgan fingerprint density at radius 1 is 1.26 bits per heavy atom. The molecule has 0 saturated carbocycles. The Morgan fingerprint density at radius 3 is 2.74 bits per heavy atom. The summed E-state index contributed by atoms with van der Waals surface area (Å²) in [6.07, 6.45) is 1.47. The number of aryl methyl sites for hydroxylation is 1. The monoisotopic (exact) mass is 277 g/mol. The normalized spacial score (nSPS) is 10.0. The van der Waals surface area contributed by atoms with Crippen molar-refractivity contribution in [3.05, 3.63) is 63.5 Å². The van der Waals surface area contributed by atoms with E-state index in [-0.39, 0.29) is 11.5 Å². The van der Waals surface area contributed by atoms with Gasteiger partial charge < -0.3 is 4.57 Å². The molecule has 6 heteroatoms. The summed E-state index contributed by atoms with van der Waals surface area (Å²) in [4.78, 5) is 23.1. The molecule has 0 atom stereocenters. The molecular weight excluding hydrogens is 266 g/mol. The average molecular weight is 278 g/mol. The number of hydrazine groups is 1. The number of hydrogen-bond donors (Lipinski definition) is 2. The first-order chi connectivity index (χ1) is 9.06. The third-order valence-corrected chi connectivity index (χ3v) is 2.73. The van der Waals surface area contributed by atoms with Gasteiger partial charge in [-0.1, -0.05) is 17.7 Å². The minimum Gasteiger partial charge on any atom is -0.318 e. The number of halogens is 1. The predicted molar refractivity (Wildman–Crippen MR) is 74.2 cm³/mol. The number of benzene rings is 1. The van der Waals surface area contributed by atoms with Gasteiger partial charge in [-0.25, -0.2) is 0 Å². The van der Waals surface area contributed by atoms with Crippen LogP contribution in [0.25, 0.3) is 0 Å². The highest BCUT2D eigenvalue weighted by Crippen LogP contribution is 2.13. The van der Waals surface area contributed by atoms with Crippen LogP contribution in [0.3, 0.4) is 0 Å². The maximum Gasteiger partial charge on any atom is 0.271 e. The van der Waals surface area contributed by atoms with Crippen molar-refractivity contribution in [2.24, 2.45) is 7.05 Å². The number of nitrogens with zero attached hydrogens (tertiary/aromatic N) is 1. The van der Waals surface area contributed by atoms with Crippen molar-refractivity contribution in [2.75, 3.05) is 5.43 Å². The Kier molecular flexibility index (Phi) is 3.87. The fourth-order valence-corrected chi connectivity index (χ4v) is 1.69. The van der Waals surface area contributed by atoms with E-state index in [1.165, 1.54) is 22.9 Å². The second kappa shape index (κ2) is 5.58. The molecule has 0 aliphatic rings. The molecule has 1 amide bonds. The summed E-state index contributed by atoms with van der Waals surface area (Å²) < 4.78 is 1.34. The van der Waals surface area contributed by atoms with Gasteiger partial charge in [0.2, 0.25) is 5.56 Å². The summed E-state index contributed by atoms with van der Waals surface area (Å²) in [6, 6.07) is 9.77. The zero-order chi connectivity index (χ0) is 13.8. The molecule has 1 aromatic carbocycles. The molecule has 5 nitrogen and oxygen atoms in total. The van der Waals surface area contributed by atoms with Crippen LogP contribution in [0.1, 0.15) is 10.4 Å². The van der Waals surface area contributed by atoms with Gasteiger partial charge in [0.1, 0.15) is 0 Å². The largest absolute Gasteiger partial charge is 0.318 e. The van der Waals surface area contributed by atoms with Gasteiger partial charge >= 0.3 is 0 Å². The number of hydrogen-bond acceptors (Lipinski definition) is 3. The van der Waals surface area contributed by atoms with E-state index in [0.717, 1.165) is 0 Å². The lowest BCUT2D eigenvalue weighted by Crippen LogP contribution is -2.30. The lowest BCUT2D eigenvalue weighted by atomic mass is 10.3. The third kappa shape index (κ3) is 3.35. The second-order valence-electron chi connectivity index (χ2n) is 3.96. The van der Waals surface area contributed by atoms with Crippen molar-refractivity contribution in [1.29, 1.82) is 0 Å². The summed E-state index contributed by atoms with van der Waals surface area (Å²) in [5.74, 6) is -0.337. The first-order valence-corrected chi connectivity index (χ1v) is 5.92. The molecule has 19 heavy (non-hydrogen) atoms. The van der Waals surface area contributed by atoms with E-state index in [0.29, 0.717) is 16.3 Å². The molecular formula is C13H12ClN3O2. The Hall–Kier alpha value is -2.27. The van der Waals surface area contributed by atoms with Crippen LogP contribution in [0.15, 0.2) is 47.4 Å². The van der Waals surface area contributed by atoms with E-state index in [1.54, 1.807) is 31.3 Å². The number of amides is 1. The van der Waals surface area contributed by atoms with Gasteiger partial charge in [0.25, 0.3) is 5.91 Å². The number of rotatable bonds is 3. The van der Waals surface area contributed by atoms with Gasteiger partial charge in [0, 0.05) is 24.3 Å². The SMILES string of the molecule is Cn1cc(C(=O)NNc2cccc(Cl)c2)ccc1=O. The molecule has 0 aliphatic heterocycles. The van der Waals surface area contributed by atoms with Crippen LogP contribution in [0, 0.1) is 0 Å². The Balaban J connectivity index is 2.05. The molecule has 98 valence electrons. The number of carbonyl (C=O) groups is 1. The highest BCUT2D eigenvalue weighted by atomic mass is 35.5. The predicted octanol–water partition coefficient (Wildman–Crippen LogP) is 1.80. The second-order valence-corrected chi connectivity index (χ2v) is 4.39. The molecule has 0 fully saturated rings. The summed E-state index contributed by atoms with van der Waals surface area (Å²) in [7, 11) is 1.59. The lowest BCUT2D eigenvalue weighted by molar-refractivity contribution is 0.0962. The average Bonchev–Trinajstić information content (AvgIpc) is 2.39. The van der Waals surface area contributed by atoms with E-state index in [9.17, 15) is 9.59 Å². The molecule has 2 rings (SSSR count). The van der Waals surface area contributed by atoms with E-state index in [2.05, 4.69) is 10.9 Å². The van der Waals surface area contributed by atoms with Crippen molar-refractivity contribution in [1.82, 2.24) is 9.99 Å². The van der Waals surface area contributed by atoms with E-state index >= 15 is 0 Å². The standard InChI is InChI=1S/C13H12ClN3O2/c1-17-8-9(5-6-12(17)18)13(19)16-15-11-4-2-3-10(14)7-11/h2-8,15H,1H3,(H,16,19). The van der Waals surface area contributed by atoms with E-state index in [1.807, 2.05) is 0 Å². The zero-order valence-corrected chi connectivity index (χ0v) is 10.9. The van der Waals surface area contributed by atoms with Gasteiger partial charge in [-0.2, -0.15) is 0 Å². The molecule has 1 heterocycles. The van der Waals surface area contributed by atoms with Crippen LogP contribution < -0.4 is 16.4 Å². The summed E-state index contributed by atoms with van der Waals surface area (Å²) in [6.45, 7) is 0. The molecule has 2 aromatic rings. The highest BCUT2D eigenvalue weighted by molar-refractivity contribution is 6.30. The molecule has 2 N–H and O–H groups in total. The minimum absolute atomic E-state index is 0.167. The first kappa shape index (κ1) is 13.2. The molecule has 1 aromatic heterocycles. The van der Waals surface area contributed by atoms with Crippen molar-refractivity contribution < 1.29 is 4.79 Å². The van der Waals surface area contributed by atoms with Gasteiger partial charge in [0.05, 0.1) is 11.3 Å². The summed E-state index contributed by atoms with van der Waals surface area (Å²) >= 11 is 5.82. The fraction of sp³-hybridized carbons (Fsp3) is 0.0769. The maximum atomic E-state index is 11.8. The Labute approximate surface area is 114 Å². The molecule has 0 aliphatic carbocycles. The van der Waals surface area contributed by atoms with Gasteiger partial charge in [-0.05, 0) is 24.3 Å². The van der Waals surface area contributed by atoms with Crippen LogP contribution in [-0.2, 0) is 7.05 Å². The van der Waals surface area contributed by atoms with Crippen LogP contribution >= 0.6 is 11.6 Å². The lowest BCUT2D eigenvalue weighted by Gasteiger charge is -2.09. The number of pyridine rings is 1. The quantitative estimate of drug-likeness (QED) is 0.841. The van der Waals surface area contributed by atoms with Crippen LogP contribution in [-0.4, -0.2) is 10.5 Å². The highest BCUT2D eigenvalue weighted by Gasteiger charge is 2.05. The first-order valence-electron chi connectivity index (χ1n) is 5.55. The van der Waals surface area contributed by atoms with Crippen LogP contribution in [0.2, 0.25) is 5.02 Å².